The molecule has 5 nitrogen and oxygen atoms in total. The minimum absolute atomic E-state index is 0.120. The third-order valence-corrected chi connectivity index (χ3v) is 2.59. The van der Waals surface area contributed by atoms with E-state index < -0.39 is 0 Å². The van der Waals surface area contributed by atoms with Gasteiger partial charge in [0, 0.05) is 12.5 Å². The number of unbranched alkanes of at least 4 members (excludes halogenated alkanes) is 2. The summed E-state index contributed by atoms with van der Waals surface area (Å²) < 4.78 is 11.0. The molecule has 106 valence electrons. The van der Waals surface area contributed by atoms with Crippen molar-refractivity contribution in [3.05, 3.63) is 24.3 Å². The van der Waals surface area contributed by atoms with Crippen LogP contribution in [-0.2, 0) is 4.79 Å². The average molecular weight is 266 g/mol. The molecule has 0 aliphatic heterocycles. The van der Waals surface area contributed by atoms with Crippen LogP contribution in [0.4, 0.5) is 0 Å². The lowest BCUT2D eigenvalue weighted by atomic mass is 10.2. The number of benzene rings is 1. The van der Waals surface area contributed by atoms with Crippen LogP contribution in [0.2, 0.25) is 0 Å². The molecule has 1 rings (SSSR count). The molecule has 0 aliphatic rings. The van der Waals surface area contributed by atoms with E-state index in [2.05, 4.69) is 5.43 Å². The summed E-state index contributed by atoms with van der Waals surface area (Å²) in [6.07, 6.45) is 3.15. The number of nitrogens with one attached hydrogen (secondary N) is 1. The average Bonchev–Trinajstić information content (AvgIpc) is 2.43. The highest BCUT2D eigenvalue weighted by Gasteiger charge is 1.99. The number of hydrogen-bond donors (Lipinski definition) is 2. The van der Waals surface area contributed by atoms with Crippen molar-refractivity contribution in [1.82, 2.24) is 5.43 Å². The lowest BCUT2D eigenvalue weighted by molar-refractivity contribution is -0.121. The van der Waals surface area contributed by atoms with Gasteiger partial charge in [0.2, 0.25) is 5.91 Å². The van der Waals surface area contributed by atoms with Gasteiger partial charge >= 0.3 is 0 Å². The monoisotopic (exact) mass is 266 g/mol. The van der Waals surface area contributed by atoms with Gasteiger partial charge in [-0.15, -0.1) is 0 Å². The fourth-order valence-corrected chi connectivity index (χ4v) is 1.65. The number of nitrogens with two attached hydrogens (primary N) is 1. The first kappa shape index (κ1) is 15.3. The number of amides is 1. The minimum atomic E-state index is -0.120. The van der Waals surface area contributed by atoms with E-state index in [-0.39, 0.29) is 5.91 Å². The lowest BCUT2D eigenvalue weighted by Gasteiger charge is -2.08. The molecule has 1 aromatic carbocycles. The van der Waals surface area contributed by atoms with Crippen LogP contribution >= 0.6 is 0 Å². The molecule has 1 amide bonds. The van der Waals surface area contributed by atoms with Crippen LogP contribution in [0.1, 0.15) is 32.6 Å². The van der Waals surface area contributed by atoms with Gasteiger partial charge in [-0.3, -0.25) is 10.2 Å². The Morgan fingerprint density at radius 1 is 1.21 bits per heavy atom. The largest absolute Gasteiger partial charge is 0.494 e. The van der Waals surface area contributed by atoms with Crippen molar-refractivity contribution in [2.75, 3.05) is 13.2 Å². The van der Waals surface area contributed by atoms with Crippen LogP contribution in [0.5, 0.6) is 11.5 Å². The van der Waals surface area contributed by atoms with E-state index in [1.165, 1.54) is 0 Å². The van der Waals surface area contributed by atoms with Gasteiger partial charge in [-0.05, 0) is 38.3 Å². The highest BCUT2D eigenvalue weighted by Crippen LogP contribution is 2.19. The summed E-state index contributed by atoms with van der Waals surface area (Å²) in [6.45, 7) is 3.23. The number of hydrazine groups is 1. The molecule has 0 heterocycles. The van der Waals surface area contributed by atoms with Crippen molar-refractivity contribution in [3.63, 3.8) is 0 Å². The summed E-state index contributed by atoms with van der Waals surface area (Å²) in [6, 6.07) is 7.60. The summed E-state index contributed by atoms with van der Waals surface area (Å²) >= 11 is 0. The van der Waals surface area contributed by atoms with E-state index >= 15 is 0 Å². The lowest BCUT2D eigenvalue weighted by Crippen LogP contribution is -2.29. The highest BCUT2D eigenvalue weighted by molar-refractivity contribution is 5.75. The number of ether oxygens (including phenoxy) is 2. The molecule has 0 atom stereocenters. The summed E-state index contributed by atoms with van der Waals surface area (Å²) in [7, 11) is 0. The minimum Gasteiger partial charge on any atom is -0.494 e. The molecule has 0 spiro atoms. The molecule has 3 N–H and O–H groups in total. The second-order valence-corrected chi connectivity index (χ2v) is 4.13. The molecule has 0 radical (unpaired) electrons. The maximum absolute atomic E-state index is 10.9. The molecular formula is C14H22N2O3. The first-order chi connectivity index (χ1) is 9.26. The smallest absolute Gasteiger partial charge is 0.233 e. The number of rotatable bonds is 9. The molecular weight excluding hydrogens is 244 g/mol. The number of hydrogen-bond acceptors (Lipinski definition) is 4. The Kier molecular flexibility index (Phi) is 7.43. The maximum atomic E-state index is 10.9. The van der Waals surface area contributed by atoms with Crippen LogP contribution in [0.25, 0.3) is 0 Å². The normalized spacial score (nSPS) is 10.0. The fraction of sp³-hybridized carbons (Fsp3) is 0.500. The Morgan fingerprint density at radius 2 is 1.95 bits per heavy atom. The van der Waals surface area contributed by atoms with Gasteiger partial charge in [-0.1, -0.05) is 6.07 Å². The van der Waals surface area contributed by atoms with Crippen LogP contribution < -0.4 is 20.7 Å². The third-order valence-electron chi connectivity index (χ3n) is 2.59. The second-order valence-electron chi connectivity index (χ2n) is 4.13. The Labute approximate surface area is 114 Å². The van der Waals surface area contributed by atoms with E-state index in [9.17, 15) is 4.79 Å². The van der Waals surface area contributed by atoms with Crippen molar-refractivity contribution in [1.29, 1.82) is 0 Å². The number of carbonyl (C=O) groups is 1. The van der Waals surface area contributed by atoms with Gasteiger partial charge in [0.1, 0.15) is 11.5 Å². The molecule has 0 bridgehead atoms. The molecule has 0 saturated heterocycles. The van der Waals surface area contributed by atoms with Gasteiger partial charge in [-0.2, -0.15) is 0 Å². The zero-order valence-electron chi connectivity index (χ0n) is 11.4. The van der Waals surface area contributed by atoms with Crippen LogP contribution in [0.3, 0.4) is 0 Å². The van der Waals surface area contributed by atoms with Gasteiger partial charge in [0.05, 0.1) is 13.2 Å². The topological polar surface area (TPSA) is 73.6 Å². The Balaban J connectivity index is 2.15. The summed E-state index contributed by atoms with van der Waals surface area (Å²) in [4.78, 5) is 10.9. The summed E-state index contributed by atoms with van der Waals surface area (Å²) in [5.74, 6) is 6.50. The highest BCUT2D eigenvalue weighted by atomic mass is 16.5. The van der Waals surface area contributed by atoms with E-state index in [1.807, 2.05) is 31.2 Å². The molecule has 0 saturated carbocycles. The van der Waals surface area contributed by atoms with Gasteiger partial charge in [0.25, 0.3) is 0 Å². The third kappa shape index (κ3) is 6.67. The summed E-state index contributed by atoms with van der Waals surface area (Å²) in [5, 5.41) is 0. The standard InChI is InChI=1S/C14H22N2O3/c1-2-18-12-7-6-8-13(11-12)19-10-5-3-4-9-14(17)16-15/h6-8,11H,2-5,9-10,15H2,1H3,(H,16,17). The maximum Gasteiger partial charge on any atom is 0.233 e. The van der Waals surface area contributed by atoms with E-state index in [4.69, 9.17) is 15.3 Å². The first-order valence-electron chi connectivity index (χ1n) is 6.61. The van der Waals surface area contributed by atoms with Crippen molar-refractivity contribution in [2.45, 2.75) is 32.6 Å². The summed E-state index contributed by atoms with van der Waals surface area (Å²) in [5.41, 5.74) is 2.12. The van der Waals surface area contributed by atoms with Gasteiger partial charge in [0.15, 0.2) is 0 Å². The molecule has 19 heavy (non-hydrogen) atoms. The van der Waals surface area contributed by atoms with Gasteiger partial charge in [-0.25, -0.2) is 5.84 Å². The Morgan fingerprint density at radius 3 is 2.63 bits per heavy atom. The van der Waals surface area contributed by atoms with E-state index in [0.717, 1.165) is 30.8 Å². The number of carbonyl (C=O) groups excluding carboxylic acids is 1. The predicted molar refractivity (Wildman–Crippen MR) is 73.9 cm³/mol. The SMILES string of the molecule is CCOc1cccc(OCCCCCC(=O)NN)c1. The van der Waals surface area contributed by atoms with Crippen molar-refractivity contribution in [3.8, 4) is 11.5 Å². The first-order valence-corrected chi connectivity index (χ1v) is 6.61. The molecule has 0 aliphatic carbocycles. The van der Waals surface area contributed by atoms with Crippen molar-refractivity contribution in [2.24, 2.45) is 5.84 Å². The van der Waals surface area contributed by atoms with Crippen LogP contribution in [0, 0.1) is 0 Å². The van der Waals surface area contributed by atoms with Crippen molar-refractivity contribution < 1.29 is 14.3 Å². The van der Waals surface area contributed by atoms with Gasteiger partial charge < -0.3 is 9.47 Å². The van der Waals surface area contributed by atoms with Crippen molar-refractivity contribution >= 4 is 5.91 Å². The Hall–Kier alpha value is -1.75. The zero-order valence-corrected chi connectivity index (χ0v) is 11.4. The predicted octanol–water partition coefficient (Wildman–Crippen LogP) is 2.01. The second kappa shape index (κ2) is 9.22. The fourth-order valence-electron chi connectivity index (χ4n) is 1.65. The molecule has 1 aromatic rings. The van der Waals surface area contributed by atoms with E-state index in [0.29, 0.717) is 19.6 Å². The zero-order chi connectivity index (χ0) is 13.9. The van der Waals surface area contributed by atoms with E-state index in [1.54, 1.807) is 0 Å². The van der Waals surface area contributed by atoms with Crippen LogP contribution in [-0.4, -0.2) is 19.1 Å². The quantitative estimate of drug-likeness (QED) is 0.310. The molecule has 0 fully saturated rings. The van der Waals surface area contributed by atoms with Crippen LogP contribution in [0.15, 0.2) is 24.3 Å². The Bertz CT molecular complexity index is 383. The molecule has 5 heteroatoms. The molecule has 0 aromatic heterocycles. The molecule has 0 unspecified atom stereocenters.